The fourth-order valence-electron chi connectivity index (χ4n) is 2.27. The van der Waals surface area contributed by atoms with Crippen molar-refractivity contribution in [2.24, 2.45) is 7.05 Å². The average molecular weight is 238 g/mol. The van der Waals surface area contributed by atoms with Crippen molar-refractivity contribution in [1.82, 2.24) is 20.1 Å². The Bertz CT molecular complexity index is 396. The molecule has 2 unspecified atom stereocenters. The van der Waals surface area contributed by atoms with Crippen molar-refractivity contribution < 1.29 is 9.90 Å². The lowest BCUT2D eigenvalue weighted by molar-refractivity contribution is -0.137. The summed E-state index contributed by atoms with van der Waals surface area (Å²) in [6.45, 7) is 2.76. The molecular formula is C11H18N4O2. The monoisotopic (exact) mass is 238 g/mol. The van der Waals surface area contributed by atoms with Gasteiger partial charge in [0.2, 0.25) is 0 Å². The molecule has 0 amide bonds. The lowest BCUT2D eigenvalue weighted by atomic mass is 9.90. The van der Waals surface area contributed by atoms with Gasteiger partial charge in [-0.25, -0.2) is 4.98 Å². The van der Waals surface area contributed by atoms with Gasteiger partial charge in [0.15, 0.2) is 5.82 Å². The molecule has 1 aliphatic rings. The average Bonchev–Trinajstić information content (AvgIpc) is 2.59. The summed E-state index contributed by atoms with van der Waals surface area (Å²) in [5, 5.41) is 16.4. The number of nitrogens with one attached hydrogen (secondary N) is 1. The quantitative estimate of drug-likeness (QED) is 0.798. The molecule has 2 heterocycles. The summed E-state index contributed by atoms with van der Waals surface area (Å²) in [6.07, 6.45) is 1.94. The van der Waals surface area contributed by atoms with E-state index in [-0.39, 0.29) is 18.4 Å². The minimum absolute atomic E-state index is 0.0374. The number of aryl methyl sites for hydroxylation is 2. The molecule has 1 saturated heterocycles. The Morgan fingerprint density at radius 3 is 3.00 bits per heavy atom. The summed E-state index contributed by atoms with van der Waals surface area (Å²) < 4.78 is 1.77. The highest BCUT2D eigenvalue weighted by molar-refractivity contribution is 5.67. The molecule has 0 aromatic carbocycles. The second kappa shape index (κ2) is 4.83. The van der Waals surface area contributed by atoms with Crippen molar-refractivity contribution in [3.05, 3.63) is 11.6 Å². The van der Waals surface area contributed by atoms with Gasteiger partial charge in [-0.2, -0.15) is 5.10 Å². The molecule has 1 aliphatic heterocycles. The van der Waals surface area contributed by atoms with Crippen LogP contribution < -0.4 is 5.32 Å². The van der Waals surface area contributed by atoms with Gasteiger partial charge in [0.1, 0.15) is 5.82 Å². The van der Waals surface area contributed by atoms with Crippen LogP contribution >= 0.6 is 0 Å². The van der Waals surface area contributed by atoms with E-state index in [1.165, 1.54) is 0 Å². The number of piperidine rings is 1. The second-order valence-electron chi connectivity index (χ2n) is 4.61. The lowest BCUT2D eigenvalue weighted by Crippen LogP contribution is -2.39. The molecule has 2 atom stereocenters. The molecule has 0 bridgehead atoms. The first-order chi connectivity index (χ1) is 8.06. The minimum atomic E-state index is -0.756. The molecule has 0 aliphatic carbocycles. The van der Waals surface area contributed by atoms with E-state index in [4.69, 9.17) is 5.11 Å². The number of hydrogen-bond acceptors (Lipinski definition) is 4. The van der Waals surface area contributed by atoms with Gasteiger partial charge < -0.3 is 10.4 Å². The van der Waals surface area contributed by atoms with Crippen LogP contribution in [0.5, 0.6) is 0 Å². The van der Waals surface area contributed by atoms with Crippen molar-refractivity contribution in [2.45, 2.75) is 38.1 Å². The Morgan fingerprint density at radius 1 is 1.65 bits per heavy atom. The van der Waals surface area contributed by atoms with E-state index in [1.807, 2.05) is 14.0 Å². The Morgan fingerprint density at radius 2 is 2.41 bits per heavy atom. The van der Waals surface area contributed by atoms with E-state index in [0.29, 0.717) is 0 Å². The standard InChI is InChI=1S/C11H18N4O2/c1-7-13-11(14-15(7)2)8-3-4-12-9(5-8)6-10(16)17/h8-9,12H,3-6H2,1-2H3,(H,16,17). The summed E-state index contributed by atoms with van der Waals surface area (Å²) in [5.41, 5.74) is 0. The number of nitrogens with zero attached hydrogens (tertiary/aromatic N) is 3. The zero-order chi connectivity index (χ0) is 12.4. The molecule has 0 saturated carbocycles. The fraction of sp³-hybridized carbons (Fsp3) is 0.727. The molecule has 2 rings (SSSR count). The van der Waals surface area contributed by atoms with Gasteiger partial charge in [-0.15, -0.1) is 0 Å². The number of carbonyl (C=O) groups is 1. The Labute approximate surface area is 100 Å². The zero-order valence-electron chi connectivity index (χ0n) is 10.2. The van der Waals surface area contributed by atoms with Crippen LogP contribution in [0.2, 0.25) is 0 Å². The van der Waals surface area contributed by atoms with E-state index < -0.39 is 5.97 Å². The van der Waals surface area contributed by atoms with Crippen molar-refractivity contribution in [1.29, 1.82) is 0 Å². The zero-order valence-corrected chi connectivity index (χ0v) is 10.2. The van der Waals surface area contributed by atoms with E-state index in [1.54, 1.807) is 4.68 Å². The summed E-state index contributed by atoms with van der Waals surface area (Å²) in [6, 6.07) is 0.0374. The Balaban J connectivity index is 2.04. The van der Waals surface area contributed by atoms with Gasteiger partial charge >= 0.3 is 5.97 Å². The van der Waals surface area contributed by atoms with Crippen LogP contribution in [0.25, 0.3) is 0 Å². The van der Waals surface area contributed by atoms with Crippen molar-refractivity contribution in [3.8, 4) is 0 Å². The van der Waals surface area contributed by atoms with Crippen molar-refractivity contribution in [2.75, 3.05) is 6.54 Å². The maximum absolute atomic E-state index is 10.7. The second-order valence-corrected chi connectivity index (χ2v) is 4.61. The van der Waals surface area contributed by atoms with Gasteiger partial charge in [-0.1, -0.05) is 0 Å². The van der Waals surface area contributed by atoms with Gasteiger partial charge in [-0.05, 0) is 26.3 Å². The van der Waals surface area contributed by atoms with E-state index in [9.17, 15) is 4.79 Å². The van der Waals surface area contributed by atoms with E-state index in [0.717, 1.165) is 31.0 Å². The maximum atomic E-state index is 10.7. The number of carboxylic acids is 1. The Kier molecular flexibility index (Phi) is 3.42. The molecule has 17 heavy (non-hydrogen) atoms. The topological polar surface area (TPSA) is 80.0 Å². The molecule has 0 radical (unpaired) electrons. The third-order valence-corrected chi connectivity index (χ3v) is 3.28. The molecule has 1 fully saturated rings. The normalized spacial score (nSPS) is 24.8. The fourth-order valence-corrected chi connectivity index (χ4v) is 2.27. The number of aliphatic carboxylic acids is 1. The molecule has 6 heteroatoms. The first-order valence-electron chi connectivity index (χ1n) is 5.89. The predicted molar refractivity (Wildman–Crippen MR) is 61.8 cm³/mol. The van der Waals surface area contributed by atoms with Crippen LogP contribution in [0, 0.1) is 6.92 Å². The summed E-state index contributed by atoms with van der Waals surface area (Å²) >= 11 is 0. The van der Waals surface area contributed by atoms with Crippen molar-refractivity contribution >= 4 is 5.97 Å². The van der Waals surface area contributed by atoms with Crippen LogP contribution in [-0.4, -0.2) is 38.4 Å². The van der Waals surface area contributed by atoms with Gasteiger partial charge in [-0.3, -0.25) is 9.48 Å². The highest BCUT2D eigenvalue weighted by Crippen LogP contribution is 2.26. The van der Waals surface area contributed by atoms with E-state index in [2.05, 4.69) is 15.4 Å². The minimum Gasteiger partial charge on any atom is -0.481 e. The predicted octanol–water partition coefficient (Wildman–Crippen LogP) is 0.434. The van der Waals surface area contributed by atoms with E-state index >= 15 is 0 Å². The van der Waals surface area contributed by atoms with Gasteiger partial charge in [0.05, 0.1) is 6.42 Å². The Hall–Kier alpha value is -1.43. The van der Waals surface area contributed by atoms with Gasteiger partial charge in [0, 0.05) is 19.0 Å². The molecule has 6 nitrogen and oxygen atoms in total. The van der Waals surface area contributed by atoms with Crippen molar-refractivity contribution in [3.63, 3.8) is 0 Å². The first kappa shape index (κ1) is 12.0. The number of hydrogen-bond donors (Lipinski definition) is 2. The summed E-state index contributed by atoms with van der Waals surface area (Å²) in [4.78, 5) is 15.1. The van der Waals surface area contributed by atoms with Crippen LogP contribution in [0.3, 0.4) is 0 Å². The summed E-state index contributed by atoms with van der Waals surface area (Å²) in [7, 11) is 1.88. The molecule has 0 spiro atoms. The highest BCUT2D eigenvalue weighted by atomic mass is 16.4. The SMILES string of the molecule is Cc1nc(C2CCNC(CC(=O)O)C2)nn1C. The van der Waals surface area contributed by atoms with Crippen LogP contribution in [0.15, 0.2) is 0 Å². The van der Waals surface area contributed by atoms with Crippen LogP contribution in [0.1, 0.15) is 36.8 Å². The third kappa shape index (κ3) is 2.82. The molecule has 1 aromatic rings. The molecule has 2 N–H and O–H groups in total. The molecule has 94 valence electrons. The number of carboxylic acid groups (broad SMARTS) is 1. The number of rotatable bonds is 3. The first-order valence-corrected chi connectivity index (χ1v) is 5.89. The molecular weight excluding hydrogens is 220 g/mol. The number of aromatic nitrogens is 3. The highest BCUT2D eigenvalue weighted by Gasteiger charge is 2.27. The van der Waals surface area contributed by atoms with Crippen LogP contribution in [0.4, 0.5) is 0 Å². The molecule has 1 aromatic heterocycles. The smallest absolute Gasteiger partial charge is 0.304 e. The lowest BCUT2D eigenvalue weighted by Gasteiger charge is -2.27. The third-order valence-electron chi connectivity index (χ3n) is 3.28. The maximum Gasteiger partial charge on any atom is 0.304 e. The van der Waals surface area contributed by atoms with Crippen LogP contribution in [-0.2, 0) is 11.8 Å². The summed E-state index contributed by atoms with van der Waals surface area (Å²) in [5.74, 6) is 1.27. The largest absolute Gasteiger partial charge is 0.481 e. The van der Waals surface area contributed by atoms with Gasteiger partial charge in [0.25, 0.3) is 0 Å².